The molecule has 3 aromatic rings. The summed E-state index contributed by atoms with van der Waals surface area (Å²) in [6.07, 6.45) is 1.52. The fourth-order valence-corrected chi connectivity index (χ4v) is 4.04. The fraction of sp³-hybridized carbons (Fsp3) is 0.435. The number of nitrogens with one attached hydrogen (secondary N) is 1. The molecule has 2 aromatic heterocycles. The van der Waals surface area contributed by atoms with Crippen LogP contribution in [0.25, 0.3) is 16.9 Å². The summed E-state index contributed by atoms with van der Waals surface area (Å²) in [5.41, 5.74) is 6.34. The maximum absolute atomic E-state index is 13.0. The van der Waals surface area contributed by atoms with E-state index in [1.807, 2.05) is 53.6 Å². The number of hydrogen-bond acceptors (Lipinski definition) is 4. The van der Waals surface area contributed by atoms with Gasteiger partial charge in [-0.3, -0.25) is 9.18 Å². The molecule has 158 valence electrons. The van der Waals surface area contributed by atoms with Gasteiger partial charge >= 0.3 is 0 Å². The van der Waals surface area contributed by atoms with Gasteiger partial charge in [-0.25, -0.2) is 9.50 Å². The molecule has 1 amide bonds. The van der Waals surface area contributed by atoms with Crippen molar-refractivity contribution in [3.05, 3.63) is 52.8 Å². The highest BCUT2D eigenvalue weighted by molar-refractivity contribution is 5.85. The lowest BCUT2D eigenvalue weighted by molar-refractivity contribution is -0.131. The maximum atomic E-state index is 13.0. The van der Waals surface area contributed by atoms with Crippen LogP contribution in [0.5, 0.6) is 0 Å². The van der Waals surface area contributed by atoms with Crippen LogP contribution in [0.2, 0.25) is 0 Å². The molecule has 0 unspecified atom stereocenters. The normalized spacial score (nSPS) is 14.4. The Kier molecular flexibility index (Phi) is 6.08. The van der Waals surface area contributed by atoms with Crippen LogP contribution in [0.3, 0.4) is 0 Å². The zero-order valence-corrected chi connectivity index (χ0v) is 17.6. The summed E-state index contributed by atoms with van der Waals surface area (Å²) in [5, 5.41) is 8.11. The van der Waals surface area contributed by atoms with Crippen LogP contribution >= 0.6 is 0 Å². The van der Waals surface area contributed by atoms with Crippen LogP contribution in [-0.2, 0) is 17.6 Å². The van der Waals surface area contributed by atoms with E-state index in [2.05, 4.69) is 5.32 Å². The number of hydrogen-bond donors (Lipinski definition) is 1. The lowest BCUT2D eigenvalue weighted by Gasteiger charge is -2.27. The third kappa shape index (κ3) is 4.21. The van der Waals surface area contributed by atoms with Gasteiger partial charge in [-0.1, -0.05) is 24.3 Å². The molecule has 0 spiro atoms. The first-order valence-corrected chi connectivity index (χ1v) is 10.6. The van der Waals surface area contributed by atoms with Crippen LogP contribution in [0.1, 0.15) is 28.9 Å². The van der Waals surface area contributed by atoms with Crippen LogP contribution in [0, 0.1) is 13.8 Å². The zero-order chi connectivity index (χ0) is 21.1. The molecule has 0 bridgehead atoms. The van der Waals surface area contributed by atoms with Crippen LogP contribution in [0.4, 0.5) is 4.39 Å². The number of piperazine rings is 1. The van der Waals surface area contributed by atoms with E-state index in [1.165, 1.54) is 0 Å². The minimum Gasteiger partial charge on any atom is -0.340 e. The van der Waals surface area contributed by atoms with Gasteiger partial charge < -0.3 is 10.2 Å². The molecule has 1 saturated heterocycles. The molecule has 4 rings (SSSR count). The van der Waals surface area contributed by atoms with Crippen molar-refractivity contribution in [2.45, 2.75) is 33.1 Å². The number of nitrogens with zero attached hydrogens (tertiary/aromatic N) is 4. The Morgan fingerprint density at radius 3 is 2.60 bits per heavy atom. The molecular formula is C23H28FN5O. The number of carbonyl (C=O) groups excluding carboxylic acids is 1. The van der Waals surface area contributed by atoms with Gasteiger partial charge in [0, 0.05) is 48.7 Å². The van der Waals surface area contributed by atoms with Crippen LogP contribution in [-0.4, -0.2) is 58.3 Å². The molecule has 1 N–H and O–H groups in total. The number of aromatic nitrogens is 3. The minimum absolute atomic E-state index is 0.105. The highest BCUT2D eigenvalue weighted by Crippen LogP contribution is 2.28. The second-order valence-electron chi connectivity index (χ2n) is 7.90. The number of rotatable bonds is 6. The van der Waals surface area contributed by atoms with E-state index in [-0.39, 0.29) is 19.0 Å². The SMILES string of the molecule is Cc1cc(C)n2nc(-c3ccc(CCCF)cc3)c(CC(=O)N3CCNCC3)c2n1. The lowest BCUT2D eigenvalue weighted by atomic mass is 10.0. The van der Waals surface area contributed by atoms with Gasteiger partial charge in [0.25, 0.3) is 0 Å². The monoisotopic (exact) mass is 409 g/mol. The second-order valence-corrected chi connectivity index (χ2v) is 7.90. The summed E-state index contributed by atoms with van der Waals surface area (Å²) in [4.78, 5) is 19.7. The quantitative estimate of drug-likeness (QED) is 0.680. The molecule has 1 aromatic carbocycles. The highest BCUT2D eigenvalue weighted by Gasteiger charge is 2.23. The molecule has 1 aliphatic heterocycles. The van der Waals surface area contributed by atoms with Gasteiger partial charge in [-0.2, -0.15) is 5.10 Å². The average Bonchev–Trinajstić information content (AvgIpc) is 3.11. The van der Waals surface area contributed by atoms with Crippen molar-refractivity contribution < 1.29 is 9.18 Å². The van der Waals surface area contributed by atoms with Gasteiger partial charge in [-0.05, 0) is 38.3 Å². The average molecular weight is 410 g/mol. The van der Waals surface area contributed by atoms with E-state index >= 15 is 0 Å². The second kappa shape index (κ2) is 8.92. The highest BCUT2D eigenvalue weighted by atomic mass is 19.1. The van der Waals surface area contributed by atoms with Crippen molar-refractivity contribution in [2.75, 3.05) is 32.9 Å². The van der Waals surface area contributed by atoms with Gasteiger partial charge in [0.05, 0.1) is 18.8 Å². The van der Waals surface area contributed by atoms with Crippen molar-refractivity contribution >= 4 is 11.6 Å². The number of amides is 1. The molecule has 0 aliphatic carbocycles. The Balaban J connectivity index is 1.73. The molecule has 0 saturated carbocycles. The van der Waals surface area contributed by atoms with Crippen molar-refractivity contribution in [3.8, 4) is 11.3 Å². The van der Waals surface area contributed by atoms with E-state index in [4.69, 9.17) is 10.1 Å². The number of carbonyl (C=O) groups is 1. The molecule has 30 heavy (non-hydrogen) atoms. The Hall–Kier alpha value is -2.80. The van der Waals surface area contributed by atoms with E-state index in [0.29, 0.717) is 6.42 Å². The third-order valence-electron chi connectivity index (χ3n) is 5.61. The van der Waals surface area contributed by atoms with E-state index in [9.17, 15) is 9.18 Å². The van der Waals surface area contributed by atoms with E-state index < -0.39 is 0 Å². The molecule has 3 heterocycles. The number of aryl methyl sites for hydroxylation is 3. The summed E-state index contributed by atoms with van der Waals surface area (Å²) in [5.74, 6) is 0.105. The summed E-state index contributed by atoms with van der Waals surface area (Å²) < 4.78 is 14.3. The Morgan fingerprint density at radius 2 is 1.90 bits per heavy atom. The molecule has 1 fully saturated rings. The largest absolute Gasteiger partial charge is 0.340 e. The predicted octanol–water partition coefficient (Wildman–Crippen LogP) is 2.89. The van der Waals surface area contributed by atoms with E-state index in [1.54, 1.807) is 0 Å². The van der Waals surface area contributed by atoms with Gasteiger partial charge in [0.1, 0.15) is 0 Å². The standard InChI is InChI=1S/C23H28FN5O/c1-16-14-17(2)29-23(26-16)20(15-21(30)28-12-10-25-11-13-28)22(27-29)19-7-5-18(6-8-19)4-3-9-24/h5-8,14,25H,3-4,9-13,15H2,1-2H3. The lowest BCUT2D eigenvalue weighted by Crippen LogP contribution is -2.47. The van der Waals surface area contributed by atoms with Crippen molar-refractivity contribution in [1.29, 1.82) is 0 Å². The predicted molar refractivity (Wildman–Crippen MR) is 115 cm³/mol. The Labute approximate surface area is 176 Å². The molecule has 6 nitrogen and oxygen atoms in total. The minimum atomic E-state index is -0.309. The topological polar surface area (TPSA) is 62.5 Å². The first-order chi connectivity index (χ1) is 14.6. The summed E-state index contributed by atoms with van der Waals surface area (Å²) in [6, 6.07) is 10.0. The van der Waals surface area contributed by atoms with Gasteiger partial charge in [-0.15, -0.1) is 0 Å². The third-order valence-corrected chi connectivity index (χ3v) is 5.61. The molecule has 7 heteroatoms. The molecule has 1 aliphatic rings. The molecular weight excluding hydrogens is 381 g/mol. The zero-order valence-electron chi connectivity index (χ0n) is 17.6. The first-order valence-electron chi connectivity index (χ1n) is 10.6. The van der Waals surface area contributed by atoms with Crippen molar-refractivity contribution in [3.63, 3.8) is 0 Å². The maximum Gasteiger partial charge on any atom is 0.227 e. The fourth-order valence-electron chi connectivity index (χ4n) is 4.04. The van der Waals surface area contributed by atoms with Crippen LogP contribution in [0.15, 0.2) is 30.3 Å². The van der Waals surface area contributed by atoms with Crippen molar-refractivity contribution in [2.24, 2.45) is 0 Å². The number of fused-ring (bicyclic) bond motifs is 1. The Morgan fingerprint density at radius 1 is 1.17 bits per heavy atom. The van der Waals surface area contributed by atoms with E-state index in [0.717, 1.165) is 72.0 Å². The van der Waals surface area contributed by atoms with Gasteiger partial charge in [0.2, 0.25) is 5.91 Å². The first kappa shape index (κ1) is 20.5. The molecule has 0 radical (unpaired) electrons. The Bertz CT molecular complexity index is 1040. The number of halogens is 1. The summed E-state index contributed by atoms with van der Waals surface area (Å²) in [7, 11) is 0. The van der Waals surface area contributed by atoms with Crippen LogP contribution < -0.4 is 5.32 Å². The van der Waals surface area contributed by atoms with Crippen molar-refractivity contribution in [1.82, 2.24) is 24.8 Å². The summed E-state index contributed by atoms with van der Waals surface area (Å²) >= 11 is 0. The number of benzene rings is 1. The van der Waals surface area contributed by atoms with Gasteiger partial charge in [0.15, 0.2) is 5.65 Å². The molecule has 0 atom stereocenters. The smallest absolute Gasteiger partial charge is 0.227 e. The number of alkyl halides is 1. The summed E-state index contributed by atoms with van der Waals surface area (Å²) in [6.45, 7) is 6.75.